The Morgan fingerprint density at radius 3 is 0.723 bits per heavy atom. The number of carbonyl (C=O) groups excluding carboxylic acids is 2. The minimum absolute atomic E-state index is 0.166. The van der Waals surface area contributed by atoms with E-state index < -0.39 is 86.6 Å². The molecule has 0 aliphatic carbocycles. The lowest BCUT2D eigenvalue weighted by Crippen LogP contribution is -2.64. The molecule has 492 valence electrons. The molecular weight excluding hydrogens is 1050 g/mol. The predicted molar refractivity (Wildman–Crippen MR) is 337 cm³/mol. The van der Waals surface area contributed by atoms with Crippen LogP contribution >= 0.6 is 0 Å². The van der Waals surface area contributed by atoms with E-state index in [1.807, 2.05) is 0 Å². The number of unbranched alkanes of at least 4 members (excludes halogenated alkanes) is 40. The van der Waals surface area contributed by atoms with Crippen molar-refractivity contribution in [2.24, 2.45) is 11.8 Å². The molecule has 0 amide bonds. The van der Waals surface area contributed by atoms with E-state index >= 15 is 0 Å². The Kier molecular flexibility index (Phi) is 50.2. The summed E-state index contributed by atoms with van der Waals surface area (Å²) in [4.78, 5) is 27.0. The van der Waals surface area contributed by atoms with Gasteiger partial charge in [-0.05, 0) is 37.5 Å². The Morgan fingerprint density at radius 2 is 0.506 bits per heavy atom. The molecule has 0 aromatic rings. The molecule has 10 atom stereocenters. The highest BCUT2D eigenvalue weighted by atomic mass is 16.8. The number of hydrogen-bond acceptors (Lipinski definition) is 13. The Bertz CT molecular complexity index is 1300. The van der Waals surface area contributed by atoms with Crippen LogP contribution in [0.2, 0.25) is 0 Å². The van der Waals surface area contributed by atoms with E-state index in [1.54, 1.807) is 0 Å². The second-order valence-electron chi connectivity index (χ2n) is 26.0. The van der Waals surface area contributed by atoms with Gasteiger partial charge in [0.05, 0.1) is 0 Å². The molecule has 4 unspecified atom stereocenters. The molecule has 13 nitrogen and oxygen atoms in total. The summed E-state index contributed by atoms with van der Waals surface area (Å²) in [5, 5.41) is 65.9. The molecule has 2 heterocycles. The fourth-order valence-corrected chi connectivity index (χ4v) is 12.5. The van der Waals surface area contributed by atoms with E-state index in [1.165, 1.54) is 231 Å². The number of aliphatic hydroxyl groups is 6. The molecule has 2 aliphatic rings. The van der Waals surface area contributed by atoms with Gasteiger partial charge in [-0.3, -0.25) is 9.59 Å². The monoisotopic (exact) mass is 1180 g/mol. The number of aliphatic hydroxyl groups excluding tert-OH is 6. The lowest BCUT2D eigenvalue weighted by atomic mass is 9.91. The van der Waals surface area contributed by atoms with Gasteiger partial charge in [0.15, 0.2) is 12.6 Å². The van der Waals surface area contributed by atoms with Crippen LogP contribution in [0.3, 0.4) is 0 Å². The summed E-state index contributed by atoms with van der Waals surface area (Å²) in [6.07, 6.45) is 43.2. The SMILES string of the molecule is CCCCCCCCCCCCCC(CCCCCCCCCCCCC)CC(=O)OCC1O[C@H](O[C@H]2OC(COC(=O)CC(CCCCCCCCCCCCC)CCCCCCCCCCCCC)[C@@H](O)[C@H](O)C2O)C(O)[C@@H](O)[C@@H]1O. The molecule has 2 aliphatic heterocycles. The molecule has 13 heteroatoms. The molecule has 0 radical (unpaired) electrons. The maximum Gasteiger partial charge on any atom is 0.306 e. The van der Waals surface area contributed by atoms with Crippen LogP contribution in [0.15, 0.2) is 0 Å². The maximum atomic E-state index is 13.5. The van der Waals surface area contributed by atoms with Crippen LogP contribution in [0.25, 0.3) is 0 Å². The standard InChI is InChI=1S/C70H134O13/c1-5-9-13-17-21-25-29-33-37-41-45-49-57(50-46-42-38-34-30-26-22-18-14-10-6-2)53-61(71)79-55-59-63(73)65(75)67(77)69(81-59)83-70-68(78)66(76)64(74)60(82-70)56-80-62(72)54-58(51-47-43-39-35-31-27-23-19-15-11-7-3)52-48-44-40-36-32-28-24-20-16-12-8-4/h57-60,63-70,73-78H,5-56H2,1-4H3/t59?,60?,63-,64-,65+,66+,67?,68?,69-,70-/m1/s1. The van der Waals surface area contributed by atoms with Crippen LogP contribution in [0.1, 0.15) is 349 Å². The van der Waals surface area contributed by atoms with Gasteiger partial charge >= 0.3 is 11.9 Å². The van der Waals surface area contributed by atoms with Gasteiger partial charge in [-0.25, -0.2) is 0 Å². The highest BCUT2D eigenvalue weighted by Gasteiger charge is 2.50. The summed E-state index contributed by atoms with van der Waals surface area (Å²) < 4.78 is 29.1. The summed E-state index contributed by atoms with van der Waals surface area (Å²) >= 11 is 0. The second-order valence-corrected chi connectivity index (χ2v) is 26.0. The predicted octanol–water partition coefficient (Wildman–Crippen LogP) is 16.5. The van der Waals surface area contributed by atoms with Gasteiger partial charge in [-0.15, -0.1) is 0 Å². The van der Waals surface area contributed by atoms with Crippen molar-refractivity contribution < 1.29 is 63.9 Å². The molecule has 83 heavy (non-hydrogen) atoms. The van der Waals surface area contributed by atoms with Gasteiger partial charge < -0.3 is 54.3 Å². The van der Waals surface area contributed by atoms with Crippen molar-refractivity contribution in [2.75, 3.05) is 13.2 Å². The smallest absolute Gasteiger partial charge is 0.306 e. The first kappa shape index (κ1) is 77.7. The van der Waals surface area contributed by atoms with E-state index in [4.69, 9.17) is 23.7 Å². The number of esters is 2. The molecule has 0 aromatic heterocycles. The lowest BCUT2D eigenvalue weighted by Gasteiger charge is -2.44. The third-order valence-electron chi connectivity index (χ3n) is 18.2. The summed E-state index contributed by atoms with van der Waals surface area (Å²) in [7, 11) is 0. The van der Waals surface area contributed by atoms with Crippen LogP contribution in [0.5, 0.6) is 0 Å². The summed E-state index contributed by atoms with van der Waals surface area (Å²) in [5.74, 6) is -0.520. The van der Waals surface area contributed by atoms with Gasteiger partial charge in [-0.1, -0.05) is 310 Å². The van der Waals surface area contributed by atoms with E-state index in [0.717, 1.165) is 77.0 Å². The molecule has 2 saturated heterocycles. The van der Waals surface area contributed by atoms with Crippen molar-refractivity contribution in [3.63, 3.8) is 0 Å². The van der Waals surface area contributed by atoms with Crippen molar-refractivity contribution in [3.05, 3.63) is 0 Å². The molecule has 2 fully saturated rings. The molecule has 6 N–H and O–H groups in total. The van der Waals surface area contributed by atoms with Gasteiger partial charge in [0.25, 0.3) is 0 Å². The van der Waals surface area contributed by atoms with Crippen LogP contribution in [-0.4, -0.2) is 117 Å². The largest absolute Gasteiger partial charge is 0.463 e. The van der Waals surface area contributed by atoms with Crippen LogP contribution in [-0.2, 0) is 33.3 Å². The van der Waals surface area contributed by atoms with E-state index in [0.29, 0.717) is 0 Å². The van der Waals surface area contributed by atoms with E-state index in [9.17, 15) is 40.2 Å². The van der Waals surface area contributed by atoms with Gasteiger partial charge in [0.1, 0.15) is 62.0 Å². The minimum atomic E-state index is -1.81. The molecular formula is C70H134O13. The van der Waals surface area contributed by atoms with Crippen molar-refractivity contribution in [2.45, 2.75) is 410 Å². The third kappa shape index (κ3) is 39.3. The van der Waals surface area contributed by atoms with Crippen LogP contribution < -0.4 is 0 Å². The van der Waals surface area contributed by atoms with Crippen LogP contribution in [0, 0.1) is 11.8 Å². The van der Waals surface area contributed by atoms with E-state index in [2.05, 4.69) is 27.7 Å². The van der Waals surface area contributed by atoms with Crippen LogP contribution in [0.4, 0.5) is 0 Å². The number of rotatable bonds is 58. The number of ether oxygens (including phenoxy) is 5. The third-order valence-corrected chi connectivity index (χ3v) is 18.2. The maximum absolute atomic E-state index is 13.5. The Morgan fingerprint density at radius 1 is 0.301 bits per heavy atom. The first-order valence-corrected chi connectivity index (χ1v) is 35.8. The zero-order chi connectivity index (χ0) is 60.4. The van der Waals surface area contributed by atoms with Gasteiger partial charge in [0.2, 0.25) is 0 Å². The van der Waals surface area contributed by atoms with Crippen molar-refractivity contribution in [1.29, 1.82) is 0 Å². The number of carbonyl (C=O) groups is 2. The number of hydrogen-bond donors (Lipinski definition) is 6. The normalized spacial score (nSPS) is 22.9. The summed E-state index contributed by atoms with van der Waals surface area (Å²) in [6, 6.07) is 0. The topological polar surface area (TPSA) is 202 Å². The summed E-state index contributed by atoms with van der Waals surface area (Å²) in [6.45, 7) is 8.18. The fraction of sp³-hybridized carbons (Fsp3) is 0.971. The first-order valence-electron chi connectivity index (χ1n) is 35.8. The van der Waals surface area contributed by atoms with Gasteiger partial charge in [0, 0.05) is 12.8 Å². The highest BCUT2D eigenvalue weighted by Crippen LogP contribution is 2.31. The molecule has 2 rings (SSSR count). The zero-order valence-corrected chi connectivity index (χ0v) is 54.2. The minimum Gasteiger partial charge on any atom is -0.463 e. The van der Waals surface area contributed by atoms with Crippen molar-refractivity contribution in [3.8, 4) is 0 Å². The van der Waals surface area contributed by atoms with Crippen molar-refractivity contribution >= 4 is 11.9 Å². The molecule has 0 spiro atoms. The average molecular weight is 1180 g/mol. The highest BCUT2D eigenvalue weighted by molar-refractivity contribution is 5.70. The molecule has 0 aromatic carbocycles. The quantitative estimate of drug-likeness (QED) is 0.0248. The Hall–Kier alpha value is -1.42. The Balaban J connectivity index is 1.94. The van der Waals surface area contributed by atoms with Gasteiger partial charge in [-0.2, -0.15) is 0 Å². The zero-order valence-electron chi connectivity index (χ0n) is 54.2. The summed E-state index contributed by atoms with van der Waals surface area (Å²) in [5.41, 5.74) is 0. The Labute approximate surface area is 509 Å². The lowest BCUT2D eigenvalue weighted by molar-refractivity contribution is -0.376. The second kappa shape index (κ2) is 53.6. The first-order chi connectivity index (χ1) is 40.5. The molecule has 0 bridgehead atoms. The van der Waals surface area contributed by atoms with E-state index in [-0.39, 0.29) is 24.7 Å². The fourth-order valence-electron chi connectivity index (χ4n) is 12.5. The average Bonchev–Trinajstić information content (AvgIpc) is 3.64. The van der Waals surface area contributed by atoms with Crippen molar-refractivity contribution in [1.82, 2.24) is 0 Å². The molecule has 0 saturated carbocycles.